The van der Waals surface area contributed by atoms with E-state index < -0.39 is 78.6 Å². The molecule has 4 heteroatoms. The van der Waals surface area contributed by atoms with Gasteiger partial charge in [0.25, 0.3) is 0 Å². The summed E-state index contributed by atoms with van der Waals surface area (Å²) < 4.78 is 115. The first kappa shape index (κ1) is 18.0. The van der Waals surface area contributed by atoms with Crippen LogP contribution in [0.2, 0.25) is 0 Å². The molecule has 2 aromatic heterocycles. The van der Waals surface area contributed by atoms with Gasteiger partial charge in [-0.1, -0.05) is 157 Å². The number of hydrogen-bond acceptors (Lipinski definition) is 3. The molecule has 0 aliphatic heterocycles. The van der Waals surface area contributed by atoms with E-state index in [-0.39, 0.29) is 56.1 Å². The molecule has 0 fully saturated rings. The molecule has 4 nitrogen and oxygen atoms in total. The maximum Gasteiger partial charge on any atom is 0.166 e. The predicted octanol–water partition coefficient (Wildman–Crippen LogP) is 11.3. The number of fused-ring (bicyclic) bond motifs is 3. The van der Waals surface area contributed by atoms with Crippen LogP contribution in [0.25, 0.3) is 83.9 Å². The zero-order valence-electron chi connectivity index (χ0n) is 38.6. The lowest BCUT2D eigenvalue weighted by atomic mass is 9.98. The van der Waals surface area contributed by atoms with Gasteiger partial charge in [-0.2, -0.15) is 0 Å². The minimum Gasteiger partial charge on any atom is -0.308 e. The molecule has 0 radical (unpaired) electrons. The summed E-state index contributed by atoms with van der Waals surface area (Å²) in [7, 11) is 0. The van der Waals surface area contributed by atoms with Crippen LogP contribution in [-0.2, 0) is 0 Å². The Labute approximate surface area is 302 Å². The van der Waals surface area contributed by atoms with Crippen LogP contribution in [0.5, 0.6) is 0 Å². The Morgan fingerprint density at radius 3 is 1.49 bits per heavy atom. The molecular formula is C45H30N4. The van der Waals surface area contributed by atoms with Gasteiger partial charge in [0.2, 0.25) is 0 Å². The van der Waals surface area contributed by atoms with E-state index >= 15 is 0 Å². The Morgan fingerprint density at radius 1 is 0.388 bits per heavy atom. The minimum absolute atomic E-state index is 0.0710. The predicted molar refractivity (Wildman–Crippen MR) is 201 cm³/mol. The van der Waals surface area contributed by atoms with Gasteiger partial charge in [0.1, 0.15) is 0 Å². The third-order valence-electron chi connectivity index (χ3n) is 8.23. The standard InChI is InChI=1S/C45H30N4/c1-4-14-31(15-5-1)32-24-26-33(27-25-32)36-28-29-39(42(30-36)49-40-22-12-10-20-37(40)38-21-11-13-23-41(38)49)45-47-43(34-16-6-2-7-17-34)46-44(48-45)35-18-8-3-9-19-35/h1-30H/i2D,6D,7D,10D,11D,12D,13D,16D,17D,20D,21D,22D,23D. The van der Waals surface area contributed by atoms with Crippen LogP contribution >= 0.6 is 0 Å². The summed E-state index contributed by atoms with van der Waals surface area (Å²) in [5.41, 5.74) is 3.63. The second kappa shape index (κ2) is 12.2. The molecule has 0 aliphatic carbocycles. The summed E-state index contributed by atoms with van der Waals surface area (Å²) in [6, 6.07) is 24.2. The molecule has 7 aromatic carbocycles. The Balaban J connectivity index is 1.43. The second-order valence-electron chi connectivity index (χ2n) is 11.1. The third-order valence-corrected chi connectivity index (χ3v) is 8.23. The Bertz CT molecular complexity index is 3210. The van der Waals surface area contributed by atoms with Crippen molar-refractivity contribution in [1.82, 2.24) is 19.5 Å². The van der Waals surface area contributed by atoms with Crippen molar-refractivity contribution in [3.63, 3.8) is 0 Å². The molecule has 9 aromatic rings. The van der Waals surface area contributed by atoms with Crippen LogP contribution in [0.4, 0.5) is 0 Å². The van der Waals surface area contributed by atoms with E-state index in [9.17, 15) is 2.74 Å². The van der Waals surface area contributed by atoms with E-state index in [1.807, 2.05) is 54.6 Å². The summed E-state index contributed by atoms with van der Waals surface area (Å²) in [6.07, 6.45) is 0. The first-order valence-electron chi connectivity index (χ1n) is 21.9. The number of para-hydroxylation sites is 2. The zero-order valence-corrected chi connectivity index (χ0v) is 25.6. The zero-order chi connectivity index (χ0) is 43.9. The van der Waals surface area contributed by atoms with Gasteiger partial charge in [-0.05, 0) is 46.5 Å². The fourth-order valence-electron chi connectivity index (χ4n) is 5.92. The molecule has 0 unspecified atom stereocenters. The Kier molecular flexibility index (Phi) is 4.48. The first-order valence-corrected chi connectivity index (χ1v) is 15.4. The monoisotopic (exact) mass is 639 g/mol. The van der Waals surface area contributed by atoms with Crippen LogP contribution in [0.15, 0.2) is 182 Å². The fourth-order valence-corrected chi connectivity index (χ4v) is 5.92. The highest BCUT2D eigenvalue weighted by Gasteiger charge is 2.20. The average Bonchev–Trinajstić information content (AvgIpc) is 3.67. The van der Waals surface area contributed by atoms with Crippen LogP contribution in [0, 0.1) is 0 Å². The fraction of sp³-hybridized carbons (Fsp3) is 0. The van der Waals surface area contributed by atoms with E-state index in [2.05, 4.69) is 4.98 Å². The first-order chi connectivity index (χ1) is 29.7. The molecule has 0 bridgehead atoms. The summed E-state index contributed by atoms with van der Waals surface area (Å²) >= 11 is 0. The number of benzene rings is 7. The van der Waals surface area contributed by atoms with Crippen LogP contribution < -0.4 is 0 Å². The summed E-state index contributed by atoms with van der Waals surface area (Å²) in [5.74, 6) is -0.239. The third kappa shape index (κ3) is 5.26. The van der Waals surface area contributed by atoms with Gasteiger partial charge < -0.3 is 4.57 Å². The SMILES string of the molecule is [2H]c1c([2H])c([2H])c(-c2nc(-c3ccccc3)nc(-c3ccc(-c4ccc(-c5ccccc5)cc4)cc3-n3c4c([2H])c([2H])c([2H])c([2H])c4c4c([2H])c([2H])c([2H])c([2H])c43)n2)c([2H])c1[2H]. The van der Waals surface area contributed by atoms with Gasteiger partial charge in [-0.15, -0.1) is 0 Å². The lowest BCUT2D eigenvalue weighted by molar-refractivity contribution is 1.06. The van der Waals surface area contributed by atoms with E-state index in [4.69, 9.17) is 25.0 Å². The molecule has 0 saturated carbocycles. The van der Waals surface area contributed by atoms with Crippen molar-refractivity contribution in [2.24, 2.45) is 0 Å². The summed E-state index contributed by atoms with van der Waals surface area (Å²) in [5, 5.41) is -0.246. The molecule has 230 valence electrons. The van der Waals surface area contributed by atoms with Gasteiger partial charge >= 0.3 is 0 Å². The normalized spacial score (nSPS) is 15.0. The van der Waals surface area contributed by atoms with Crippen molar-refractivity contribution in [3.05, 3.63) is 182 Å². The number of hydrogen-bond donors (Lipinski definition) is 0. The van der Waals surface area contributed by atoms with Gasteiger partial charge in [0.05, 0.1) is 34.5 Å². The molecule has 0 amide bonds. The van der Waals surface area contributed by atoms with Crippen LogP contribution in [0.1, 0.15) is 17.8 Å². The lowest BCUT2D eigenvalue weighted by Gasteiger charge is -2.16. The van der Waals surface area contributed by atoms with Gasteiger partial charge in [-0.3, -0.25) is 0 Å². The lowest BCUT2D eigenvalue weighted by Crippen LogP contribution is -2.04. The highest BCUT2D eigenvalue weighted by atomic mass is 15.1. The molecule has 49 heavy (non-hydrogen) atoms. The molecule has 0 atom stereocenters. The van der Waals surface area contributed by atoms with Gasteiger partial charge in [-0.25, -0.2) is 15.0 Å². The number of nitrogens with zero attached hydrogens (tertiary/aromatic N) is 4. The molecule has 0 saturated heterocycles. The smallest absolute Gasteiger partial charge is 0.166 e. The maximum atomic E-state index is 9.23. The highest BCUT2D eigenvalue weighted by molar-refractivity contribution is 6.09. The molecule has 0 aliphatic rings. The van der Waals surface area contributed by atoms with Crippen molar-refractivity contribution < 1.29 is 17.8 Å². The van der Waals surface area contributed by atoms with Crippen molar-refractivity contribution >= 4 is 21.8 Å². The van der Waals surface area contributed by atoms with Crippen molar-refractivity contribution in [2.45, 2.75) is 0 Å². The molecule has 9 rings (SSSR count). The van der Waals surface area contributed by atoms with E-state index in [1.54, 1.807) is 48.5 Å². The second-order valence-corrected chi connectivity index (χ2v) is 11.1. The van der Waals surface area contributed by atoms with E-state index in [0.29, 0.717) is 11.1 Å². The highest BCUT2D eigenvalue weighted by Crippen LogP contribution is 2.38. The summed E-state index contributed by atoms with van der Waals surface area (Å²) in [6.45, 7) is 0. The molecule has 0 N–H and O–H groups in total. The summed E-state index contributed by atoms with van der Waals surface area (Å²) in [4.78, 5) is 14.2. The van der Waals surface area contributed by atoms with Crippen LogP contribution in [0.3, 0.4) is 0 Å². The molecular weight excluding hydrogens is 597 g/mol. The number of rotatable bonds is 6. The van der Waals surface area contributed by atoms with Crippen molar-refractivity contribution in [2.75, 3.05) is 0 Å². The largest absolute Gasteiger partial charge is 0.308 e. The van der Waals surface area contributed by atoms with Crippen LogP contribution in [-0.4, -0.2) is 19.5 Å². The van der Waals surface area contributed by atoms with Crippen molar-refractivity contribution in [1.29, 1.82) is 0 Å². The Morgan fingerprint density at radius 2 is 0.857 bits per heavy atom. The van der Waals surface area contributed by atoms with E-state index in [1.165, 1.54) is 4.57 Å². The van der Waals surface area contributed by atoms with Gasteiger partial charge in [0.15, 0.2) is 17.5 Å². The van der Waals surface area contributed by atoms with E-state index in [0.717, 1.165) is 16.7 Å². The Hall–Kier alpha value is -6.65. The minimum atomic E-state index is -0.600. The number of aromatic nitrogens is 4. The average molecular weight is 640 g/mol. The molecule has 0 spiro atoms. The maximum absolute atomic E-state index is 9.23. The van der Waals surface area contributed by atoms with Gasteiger partial charge in [0, 0.05) is 27.5 Å². The topological polar surface area (TPSA) is 43.6 Å². The molecule has 2 heterocycles. The quantitative estimate of drug-likeness (QED) is 0.182. The van der Waals surface area contributed by atoms with Crippen molar-refractivity contribution in [3.8, 4) is 62.1 Å².